The van der Waals surface area contributed by atoms with Gasteiger partial charge in [-0.2, -0.15) is 0 Å². The highest BCUT2D eigenvalue weighted by molar-refractivity contribution is 5.78. The monoisotopic (exact) mass is 300 g/mol. The van der Waals surface area contributed by atoms with Crippen molar-refractivity contribution >= 4 is 12.0 Å². The summed E-state index contributed by atoms with van der Waals surface area (Å²) < 4.78 is 0. The third kappa shape index (κ3) is 6.82. The first-order valence-electron chi connectivity index (χ1n) is 8.20. The number of amides is 2. The van der Waals surface area contributed by atoms with E-state index in [1.54, 1.807) is 0 Å². The van der Waals surface area contributed by atoms with Gasteiger partial charge in [-0.05, 0) is 25.2 Å². The molecule has 0 fully saturated rings. The Kier molecular flexibility index (Phi) is 9.84. The Labute approximate surface area is 128 Å². The summed E-state index contributed by atoms with van der Waals surface area (Å²) in [6.45, 7) is 8.80. The predicted molar refractivity (Wildman–Crippen MR) is 85.4 cm³/mol. The normalized spacial score (nSPS) is 12.8. The zero-order valence-electron chi connectivity index (χ0n) is 14.0. The minimum Gasteiger partial charge on any atom is -0.481 e. The standard InChI is InChI=1S/C16H32N2O3/c1-5-9-10-13(6-2)11-17-15(21)18-12-16(7-3,8-4)14(19)20/h13H,5-12H2,1-4H3,(H,19,20)(H2,17,18,21). The summed E-state index contributed by atoms with van der Waals surface area (Å²) in [6.07, 6.45) is 5.52. The Hall–Kier alpha value is -1.26. The smallest absolute Gasteiger partial charge is 0.314 e. The third-order valence-corrected chi connectivity index (χ3v) is 4.49. The van der Waals surface area contributed by atoms with Crippen molar-refractivity contribution in [3.8, 4) is 0 Å². The molecule has 1 unspecified atom stereocenters. The average Bonchev–Trinajstić information content (AvgIpc) is 2.48. The maximum atomic E-state index is 11.8. The van der Waals surface area contributed by atoms with Gasteiger partial charge in [-0.3, -0.25) is 4.79 Å². The van der Waals surface area contributed by atoms with Gasteiger partial charge in [-0.15, -0.1) is 0 Å². The van der Waals surface area contributed by atoms with Crippen LogP contribution in [-0.2, 0) is 4.79 Å². The summed E-state index contributed by atoms with van der Waals surface area (Å²) in [5, 5.41) is 14.9. The molecule has 0 aromatic rings. The van der Waals surface area contributed by atoms with E-state index in [1.165, 1.54) is 6.42 Å². The van der Waals surface area contributed by atoms with Crippen LogP contribution in [0.2, 0.25) is 0 Å². The van der Waals surface area contributed by atoms with E-state index >= 15 is 0 Å². The summed E-state index contributed by atoms with van der Waals surface area (Å²) in [6, 6.07) is -0.266. The maximum absolute atomic E-state index is 11.8. The number of carboxylic acids is 1. The number of rotatable bonds is 11. The van der Waals surface area contributed by atoms with Gasteiger partial charge >= 0.3 is 12.0 Å². The molecule has 0 saturated heterocycles. The molecule has 2 amide bonds. The number of carboxylic acid groups (broad SMARTS) is 1. The SMILES string of the molecule is CCCCC(CC)CNC(=O)NCC(CC)(CC)C(=O)O. The molecule has 0 bridgehead atoms. The van der Waals surface area contributed by atoms with Crippen LogP contribution in [0.1, 0.15) is 66.2 Å². The first-order valence-corrected chi connectivity index (χ1v) is 8.20. The minimum absolute atomic E-state index is 0.174. The molecule has 0 saturated carbocycles. The number of aliphatic carboxylic acids is 1. The lowest BCUT2D eigenvalue weighted by atomic mass is 9.82. The van der Waals surface area contributed by atoms with Gasteiger partial charge in [0.05, 0.1) is 5.41 Å². The fraction of sp³-hybridized carbons (Fsp3) is 0.875. The molecular formula is C16H32N2O3. The first-order chi connectivity index (χ1) is 9.95. The van der Waals surface area contributed by atoms with E-state index in [1.807, 2.05) is 13.8 Å². The van der Waals surface area contributed by atoms with E-state index in [2.05, 4.69) is 24.5 Å². The maximum Gasteiger partial charge on any atom is 0.314 e. The van der Waals surface area contributed by atoms with E-state index in [9.17, 15) is 14.7 Å². The zero-order valence-corrected chi connectivity index (χ0v) is 14.0. The molecule has 0 aromatic heterocycles. The molecule has 0 radical (unpaired) electrons. The first kappa shape index (κ1) is 19.7. The lowest BCUT2D eigenvalue weighted by Gasteiger charge is -2.27. The average molecular weight is 300 g/mol. The van der Waals surface area contributed by atoms with Gasteiger partial charge in [0.15, 0.2) is 0 Å². The topological polar surface area (TPSA) is 78.4 Å². The Bertz CT molecular complexity index is 315. The predicted octanol–water partition coefficient (Wildman–Crippen LogP) is 3.39. The van der Waals surface area contributed by atoms with Crippen molar-refractivity contribution in [2.24, 2.45) is 11.3 Å². The van der Waals surface area contributed by atoms with Crippen LogP contribution < -0.4 is 10.6 Å². The number of hydrogen-bond donors (Lipinski definition) is 3. The summed E-state index contributed by atoms with van der Waals surface area (Å²) in [7, 11) is 0. The van der Waals surface area contributed by atoms with Crippen LogP contribution in [0.4, 0.5) is 4.79 Å². The molecule has 5 nitrogen and oxygen atoms in total. The molecule has 0 spiro atoms. The summed E-state index contributed by atoms with van der Waals surface area (Å²) >= 11 is 0. The molecule has 0 aliphatic heterocycles. The molecule has 1 atom stereocenters. The Morgan fingerprint density at radius 1 is 1.10 bits per heavy atom. The van der Waals surface area contributed by atoms with Crippen molar-refractivity contribution < 1.29 is 14.7 Å². The van der Waals surface area contributed by atoms with Gasteiger partial charge < -0.3 is 15.7 Å². The van der Waals surface area contributed by atoms with E-state index in [0.29, 0.717) is 25.3 Å². The highest BCUT2D eigenvalue weighted by Crippen LogP contribution is 2.25. The van der Waals surface area contributed by atoms with Gasteiger partial charge in [0.1, 0.15) is 0 Å². The summed E-state index contributed by atoms with van der Waals surface area (Å²) in [5.41, 5.74) is -0.857. The summed E-state index contributed by atoms with van der Waals surface area (Å²) in [4.78, 5) is 23.2. The lowest BCUT2D eigenvalue weighted by Crippen LogP contribution is -2.46. The number of carbonyl (C=O) groups is 2. The number of hydrogen-bond acceptors (Lipinski definition) is 2. The Balaban J connectivity index is 4.22. The fourth-order valence-corrected chi connectivity index (χ4v) is 2.37. The van der Waals surface area contributed by atoms with Gasteiger partial charge in [-0.1, -0.05) is 47.0 Å². The second-order valence-electron chi connectivity index (χ2n) is 5.77. The molecular weight excluding hydrogens is 268 g/mol. The van der Waals surface area contributed by atoms with Crippen molar-refractivity contribution in [3.63, 3.8) is 0 Å². The van der Waals surface area contributed by atoms with Crippen LogP contribution >= 0.6 is 0 Å². The molecule has 3 N–H and O–H groups in total. The van der Waals surface area contributed by atoms with Crippen LogP contribution in [0, 0.1) is 11.3 Å². The molecule has 0 aliphatic carbocycles. The Morgan fingerprint density at radius 2 is 1.71 bits per heavy atom. The van der Waals surface area contributed by atoms with E-state index < -0.39 is 11.4 Å². The number of nitrogens with one attached hydrogen (secondary N) is 2. The largest absolute Gasteiger partial charge is 0.481 e. The second-order valence-corrected chi connectivity index (χ2v) is 5.77. The van der Waals surface area contributed by atoms with Gasteiger partial charge in [0.2, 0.25) is 0 Å². The van der Waals surface area contributed by atoms with Crippen molar-refractivity contribution in [1.82, 2.24) is 10.6 Å². The fourth-order valence-electron chi connectivity index (χ4n) is 2.37. The highest BCUT2D eigenvalue weighted by Gasteiger charge is 2.35. The van der Waals surface area contributed by atoms with Gasteiger partial charge in [0, 0.05) is 13.1 Å². The van der Waals surface area contributed by atoms with Crippen molar-refractivity contribution in [2.75, 3.05) is 13.1 Å². The van der Waals surface area contributed by atoms with Crippen LogP contribution in [0.5, 0.6) is 0 Å². The molecule has 0 aliphatic rings. The van der Waals surface area contributed by atoms with Crippen LogP contribution in [0.3, 0.4) is 0 Å². The van der Waals surface area contributed by atoms with E-state index in [-0.39, 0.29) is 12.6 Å². The van der Waals surface area contributed by atoms with Gasteiger partial charge in [0.25, 0.3) is 0 Å². The second kappa shape index (κ2) is 10.5. The minimum atomic E-state index is -0.857. The molecule has 124 valence electrons. The molecule has 0 heterocycles. The lowest BCUT2D eigenvalue weighted by molar-refractivity contribution is -0.149. The molecule has 5 heteroatoms. The quantitative estimate of drug-likeness (QED) is 0.547. The van der Waals surface area contributed by atoms with Crippen LogP contribution in [0.15, 0.2) is 0 Å². The number of unbranched alkanes of at least 4 members (excludes halogenated alkanes) is 1. The number of urea groups is 1. The van der Waals surface area contributed by atoms with Crippen molar-refractivity contribution in [2.45, 2.75) is 66.2 Å². The van der Waals surface area contributed by atoms with E-state index in [0.717, 1.165) is 19.3 Å². The van der Waals surface area contributed by atoms with Crippen molar-refractivity contribution in [3.05, 3.63) is 0 Å². The zero-order chi connectivity index (χ0) is 16.3. The Morgan fingerprint density at radius 3 is 2.14 bits per heavy atom. The highest BCUT2D eigenvalue weighted by atomic mass is 16.4. The molecule has 0 aromatic carbocycles. The van der Waals surface area contributed by atoms with Crippen LogP contribution in [-0.4, -0.2) is 30.2 Å². The molecule has 21 heavy (non-hydrogen) atoms. The molecule has 0 rings (SSSR count). The third-order valence-electron chi connectivity index (χ3n) is 4.49. The van der Waals surface area contributed by atoms with Crippen molar-refractivity contribution in [1.29, 1.82) is 0 Å². The van der Waals surface area contributed by atoms with Gasteiger partial charge in [-0.25, -0.2) is 4.79 Å². The van der Waals surface area contributed by atoms with E-state index in [4.69, 9.17) is 0 Å². The van der Waals surface area contributed by atoms with Crippen LogP contribution in [0.25, 0.3) is 0 Å². The summed E-state index contributed by atoms with van der Waals surface area (Å²) in [5.74, 6) is -0.348. The number of carbonyl (C=O) groups excluding carboxylic acids is 1.